The van der Waals surface area contributed by atoms with E-state index in [0.29, 0.717) is 13.2 Å². The average Bonchev–Trinajstić information content (AvgIpc) is 3.09. The number of rotatable bonds is 2. The van der Waals surface area contributed by atoms with Gasteiger partial charge in [0.15, 0.2) is 5.76 Å². The molecule has 0 saturated heterocycles. The highest BCUT2D eigenvalue weighted by atomic mass is 16.6. The molecule has 0 radical (unpaired) electrons. The van der Waals surface area contributed by atoms with Gasteiger partial charge in [0.25, 0.3) is 0 Å². The minimum Gasteiger partial charge on any atom is -0.491 e. The van der Waals surface area contributed by atoms with Gasteiger partial charge in [0.2, 0.25) is 0 Å². The van der Waals surface area contributed by atoms with Crippen LogP contribution in [-0.4, -0.2) is 19.5 Å². The van der Waals surface area contributed by atoms with E-state index in [2.05, 4.69) is 0 Å². The number of allylic oxidation sites excluding steroid dienone is 3. The number of hydrogen-bond acceptors (Lipinski definition) is 3. The van der Waals surface area contributed by atoms with Crippen LogP contribution in [0.4, 0.5) is 0 Å². The minimum atomic E-state index is -0.140. The average molecular weight is 206 g/mol. The van der Waals surface area contributed by atoms with Crippen molar-refractivity contribution >= 4 is 6.29 Å². The second kappa shape index (κ2) is 3.12. The van der Waals surface area contributed by atoms with Crippen molar-refractivity contribution in [3.05, 3.63) is 23.2 Å². The molecule has 3 aliphatic rings. The first-order valence-electron chi connectivity index (χ1n) is 5.50. The molecule has 2 aliphatic carbocycles. The van der Waals surface area contributed by atoms with E-state index in [4.69, 9.17) is 9.47 Å². The van der Waals surface area contributed by atoms with E-state index in [-0.39, 0.29) is 5.41 Å². The van der Waals surface area contributed by atoms with Crippen molar-refractivity contribution in [3.8, 4) is 0 Å². The summed E-state index contributed by atoms with van der Waals surface area (Å²) >= 11 is 0. The fourth-order valence-corrected chi connectivity index (χ4v) is 2.31. The van der Waals surface area contributed by atoms with Crippen molar-refractivity contribution in [2.24, 2.45) is 5.41 Å². The van der Waals surface area contributed by atoms with E-state index in [9.17, 15) is 4.79 Å². The molecule has 0 aromatic carbocycles. The van der Waals surface area contributed by atoms with Crippen LogP contribution < -0.4 is 0 Å². The zero-order chi connectivity index (χ0) is 10.3. The van der Waals surface area contributed by atoms with Crippen molar-refractivity contribution in [1.29, 1.82) is 0 Å². The van der Waals surface area contributed by atoms with Crippen LogP contribution in [0.2, 0.25) is 0 Å². The lowest BCUT2D eigenvalue weighted by atomic mass is 9.89. The Morgan fingerprint density at radius 3 is 2.73 bits per heavy atom. The summed E-state index contributed by atoms with van der Waals surface area (Å²) in [7, 11) is 0. The molecule has 3 heteroatoms. The highest BCUT2D eigenvalue weighted by Crippen LogP contribution is 2.53. The van der Waals surface area contributed by atoms with Crippen LogP contribution in [0.3, 0.4) is 0 Å². The Balaban J connectivity index is 1.90. The molecule has 3 nitrogen and oxygen atoms in total. The molecule has 3 rings (SSSR count). The van der Waals surface area contributed by atoms with E-state index in [1.165, 1.54) is 5.57 Å². The van der Waals surface area contributed by atoms with E-state index in [0.717, 1.165) is 43.5 Å². The molecule has 0 bridgehead atoms. The third kappa shape index (κ3) is 1.37. The Bertz CT molecular complexity index is 361. The first-order valence-corrected chi connectivity index (χ1v) is 5.50. The predicted molar refractivity (Wildman–Crippen MR) is 54.0 cm³/mol. The quantitative estimate of drug-likeness (QED) is 0.648. The van der Waals surface area contributed by atoms with Crippen molar-refractivity contribution < 1.29 is 14.3 Å². The summed E-state index contributed by atoms with van der Waals surface area (Å²) in [5, 5.41) is 0. The van der Waals surface area contributed by atoms with Crippen molar-refractivity contribution in [2.45, 2.75) is 25.7 Å². The Kier molecular flexibility index (Phi) is 1.87. The lowest BCUT2D eigenvalue weighted by Gasteiger charge is -2.26. The maximum atomic E-state index is 11.0. The van der Waals surface area contributed by atoms with Crippen LogP contribution in [0.5, 0.6) is 0 Å². The van der Waals surface area contributed by atoms with Gasteiger partial charge in [0.05, 0.1) is 0 Å². The standard InChI is InChI=1S/C12H14O3/c13-8-12(3-4-12)9-1-2-10-11(7-9)15-6-5-14-10/h7-8H,1-6H2. The van der Waals surface area contributed by atoms with Gasteiger partial charge in [0, 0.05) is 11.8 Å². The smallest absolute Gasteiger partial charge is 0.157 e. The molecule has 0 spiro atoms. The molecular formula is C12H14O3. The van der Waals surface area contributed by atoms with E-state index >= 15 is 0 Å². The van der Waals surface area contributed by atoms with E-state index in [1.807, 2.05) is 6.08 Å². The number of ether oxygens (including phenoxy) is 2. The topological polar surface area (TPSA) is 35.5 Å². The van der Waals surface area contributed by atoms with Crippen LogP contribution in [0.25, 0.3) is 0 Å². The Hall–Kier alpha value is -1.25. The zero-order valence-corrected chi connectivity index (χ0v) is 8.62. The van der Waals surface area contributed by atoms with Crippen molar-refractivity contribution in [2.75, 3.05) is 13.2 Å². The highest BCUT2D eigenvalue weighted by Gasteiger charge is 2.46. The molecule has 0 unspecified atom stereocenters. The van der Waals surface area contributed by atoms with Gasteiger partial charge >= 0.3 is 0 Å². The largest absolute Gasteiger partial charge is 0.491 e. The molecule has 0 aromatic rings. The molecule has 0 aromatic heterocycles. The summed E-state index contributed by atoms with van der Waals surface area (Å²) < 4.78 is 11.1. The van der Waals surface area contributed by atoms with Crippen LogP contribution in [0.1, 0.15) is 25.7 Å². The summed E-state index contributed by atoms with van der Waals surface area (Å²) in [6.45, 7) is 1.28. The summed E-state index contributed by atoms with van der Waals surface area (Å²) in [6, 6.07) is 0. The predicted octanol–water partition coefficient (Wildman–Crippen LogP) is 1.94. The third-order valence-corrected chi connectivity index (χ3v) is 3.47. The molecule has 0 amide bonds. The van der Waals surface area contributed by atoms with Gasteiger partial charge < -0.3 is 14.3 Å². The van der Waals surface area contributed by atoms with Gasteiger partial charge in [-0.15, -0.1) is 0 Å². The normalized spacial score (nSPS) is 27.1. The molecule has 1 heterocycles. The van der Waals surface area contributed by atoms with Gasteiger partial charge in [-0.3, -0.25) is 0 Å². The first kappa shape index (κ1) is 9.01. The molecule has 1 fully saturated rings. The number of hydrogen-bond donors (Lipinski definition) is 0. The summed E-state index contributed by atoms with van der Waals surface area (Å²) in [5.74, 6) is 1.82. The van der Waals surface area contributed by atoms with Crippen LogP contribution in [0, 0.1) is 5.41 Å². The SMILES string of the molecule is O=CC1(C2=CC3=C(CC2)OCCO3)CC1. The van der Waals surface area contributed by atoms with Crippen molar-refractivity contribution in [3.63, 3.8) is 0 Å². The van der Waals surface area contributed by atoms with E-state index < -0.39 is 0 Å². The van der Waals surface area contributed by atoms with Crippen LogP contribution in [0.15, 0.2) is 23.2 Å². The van der Waals surface area contributed by atoms with Gasteiger partial charge in [-0.1, -0.05) is 5.57 Å². The number of aldehydes is 1. The van der Waals surface area contributed by atoms with Gasteiger partial charge in [-0.25, -0.2) is 0 Å². The molecule has 15 heavy (non-hydrogen) atoms. The minimum absolute atomic E-state index is 0.140. The fraction of sp³-hybridized carbons (Fsp3) is 0.583. The Morgan fingerprint density at radius 1 is 1.20 bits per heavy atom. The van der Waals surface area contributed by atoms with Crippen LogP contribution >= 0.6 is 0 Å². The first-order chi connectivity index (χ1) is 7.34. The monoisotopic (exact) mass is 206 g/mol. The highest BCUT2D eigenvalue weighted by molar-refractivity contribution is 5.70. The molecular weight excluding hydrogens is 192 g/mol. The number of carbonyl (C=O) groups excluding carboxylic acids is 1. The summed E-state index contributed by atoms with van der Waals surface area (Å²) in [6.07, 6.45) is 6.97. The van der Waals surface area contributed by atoms with Crippen molar-refractivity contribution in [1.82, 2.24) is 0 Å². The summed E-state index contributed by atoms with van der Waals surface area (Å²) in [5.41, 5.74) is 1.10. The van der Waals surface area contributed by atoms with Gasteiger partial charge in [0.1, 0.15) is 25.3 Å². The third-order valence-electron chi connectivity index (χ3n) is 3.47. The Morgan fingerprint density at radius 2 is 2.00 bits per heavy atom. The zero-order valence-electron chi connectivity index (χ0n) is 8.62. The molecule has 0 atom stereocenters. The molecule has 1 saturated carbocycles. The van der Waals surface area contributed by atoms with Gasteiger partial charge in [-0.2, -0.15) is 0 Å². The Labute approximate surface area is 88.7 Å². The maximum Gasteiger partial charge on any atom is 0.157 e. The van der Waals surface area contributed by atoms with Crippen LogP contribution in [-0.2, 0) is 14.3 Å². The fourth-order valence-electron chi connectivity index (χ4n) is 2.31. The lowest BCUT2D eigenvalue weighted by molar-refractivity contribution is -0.111. The second-order valence-corrected chi connectivity index (χ2v) is 4.43. The second-order valence-electron chi connectivity index (χ2n) is 4.43. The molecule has 0 N–H and O–H groups in total. The maximum absolute atomic E-state index is 11.0. The van der Waals surface area contributed by atoms with E-state index in [1.54, 1.807) is 0 Å². The number of carbonyl (C=O) groups is 1. The summed E-state index contributed by atoms with van der Waals surface area (Å²) in [4.78, 5) is 11.0. The lowest BCUT2D eigenvalue weighted by Crippen LogP contribution is -2.18. The van der Waals surface area contributed by atoms with Gasteiger partial charge in [-0.05, 0) is 25.3 Å². The molecule has 1 aliphatic heterocycles. The molecule has 80 valence electrons.